The maximum Gasteiger partial charge on any atom is 0.228 e. The summed E-state index contributed by atoms with van der Waals surface area (Å²) >= 11 is 0. The number of H-pyrrole nitrogens is 1. The summed E-state index contributed by atoms with van der Waals surface area (Å²) in [5.41, 5.74) is 4.66. The average molecular weight is 469 g/mol. The first-order valence-electron chi connectivity index (χ1n) is 11.2. The molecular weight excluding hydrogens is 440 g/mol. The van der Waals surface area contributed by atoms with Crippen molar-refractivity contribution in [3.05, 3.63) is 47.7 Å². The van der Waals surface area contributed by atoms with Gasteiger partial charge in [0.2, 0.25) is 11.8 Å². The molecule has 0 bridgehead atoms. The lowest BCUT2D eigenvalue weighted by atomic mass is 9.96. The molecule has 2 fully saturated rings. The largest absolute Gasteiger partial charge is 0.346 e. The summed E-state index contributed by atoms with van der Waals surface area (Å²) < 4.78 is 19.5. The lowest BCUT2D eigenvalue weighted by Crippen LogP contribution is -2.42. The van der Waals surface area contributed by atoms with Crippen LogP contribution in [0.2, 0.25) is 0 Å². The van der Waals surface area contributed by atoms with Crippen molar-refractivity contribution in [2.45, 2.75) is 26.2 Å². The summed E-state index contributed by atoms with van der Waals surface area (Å²) in [4.78, 5) is 34.4. The second-order valence-corrected chi connectivity index (χ2v) is 11.4. The van der Waals surface area contributed by atoms with Gasteiger partial charge in [0.1, 0.15) is 11.5 Å². The number of hydrogen-bond donors (Lipinski definition) is 4. The van der Waals surface area contributed by atoms with Gasteiger partial charge in [-0.1, -0.05) is 18.2 Å². The topological polar surface area (TPSA) is 119 Å². The highest BCUT2D eigenvalue weighted by Crippen LogP contribution is 2.40. The zero-order valence-electron chi connectivity index (χ0n) is 18.5. The molecule has 8 nitrogen and oxygen atoms in total. The molecule has 0 spiro atoms. The standard InChI is InChI=1S/C24H28N4O4S/c1-15-12-16(13-22(29)28-8-10-33(31,32)11-9-28)2-5-18(15)20-14-21(27-24(30)17-3-4-17)26-23-19(20)6-7-25-23/h2,5-7,12,14,17,31-32H,3-4,8-11,13H2,1H3,(H2,25,26,27,30). The normalized spacial score (nSPS) is 18.8. The van der Waals surface area contributed by atoms with E-state index >= 15 is 0 Å². The van der Waals surface area contributed by atoms with E-state index in [0.717, 1.165) is 40.5 Å². The Balaban J connectivity index is 1.37. The highest BCUT2D eigenvalue weighted by atomic mass is 32.3. The first-order valence-corrected chi connectivity index (χ1v) is 13.1. The van der Waals surface area contributed by atoms with E-state index in [0.29, 0.717) is 24.6 Å². The average Bonchev–Trinajstić information content (AvgIpc) is 3.51. The third-order valence-electron chi connectivity index (χ3n) is 6.39. The van der Waals surface area contributed by atoms with E-state index in [4.69, 9.17) is 0 Å². The van der Waals surface area contributed by atoms with Gasteiger partial charge in [-0.15, -0.1) is 0 Å². The van der Waals surface area contributed by atoms with Gasteiger partial charge in [-0.3, -0.25) is 18.7 Å². The monoisotopic (exact) mass is 468 g/mol. The minimum absolute atomic E-state index is 0.000870. The molecule has 2 amide bonds. The predicted octanol–water partition coefficient (Wildman–Crippen LogP) is 4.02. The first-order chi connectivity index (χ1) is 15.8. The molecule has 1 saturated heterocycles. The SMILES string of the molecule is Cc1cc(CC(=O)N2CCS(O)(O)CC2)ccc1-c1cc(NC(=O)C2CC2)nc2[nH]ccc12. The highest BCUT2D eigenvalue weighted by Gasteiger charge is 2.30. The second-order valence-electron chi connectivity index (χ2n) is 8.98. The van der Waals surface area contributed by atoms with E-state index in [1.165, 1.54) is 0 Å². The fraction of sp³-hybridized carbons (Fsp3) is 0.375. The molecule has 5 rings (SSSR count). The van der Waals surface area contributed by atoms with Gasteiger partial charge in [0.15, 0.2) is 0 Å². The van der Waals surface area contributed by atoms with Crippen LogP contribution in [0.1, 0.15) is 24.0 Å². The summed E-state index contributed by atoms with van der Waals surface area (Å²) in [7, 11) is -2.52. The summed E-state index contributed by atoms with van der Waals surface area (Å²) in [6.07, 6.45) is 3.98. The number of hydrogen-bond acceptors (Lipinski definition) is 5. The van der Waals surface area contributed by atoms with E-state index in [1.807, 2.05) is 43.5 Å². The van der Waals surface area contributed by atoms with Crippen LogP contribution in [-0.2, 0) is 16.0 Å². The zero-order chi connectivity index (χ0) is 23.2. The molecular formula is C24H28N4O4S. The maximum absolute atomic E-state index is 12.7. The van der Waals surface area contributed by atoms with Crippen LogP contribution in [0, 0.1) is 12.8 Å². The molecule has 9 heteroatoms. The third kappa shape index (κ3) is 4.75. The Labute approximate surface area is 193 Å². The van der Waals surface area contributed by atoms with Crippen molar-refractivity contribution >= 4 is 39.3 Å². The van der Waals surface area contributed by atoms with E-state index in [1.54, 1.807) is 4.90 Å². The minimum Gasteiger partial charge on any atom is -0.346 e. The molecule has 0 atom stereocenters. The van der Waals surface area contributed by atoms with Crippen molar-refractivity contribution in [1.82, 2.24) is 14.9 Å². The van der Waals surface area contributed by atoms with Crippen LogP contribution in [0.4, 0.5) is 5.82 Å². The molecule has 4 N–H and O–H groups in total. The minimum atomic E-state index is -2.52. The number of fused-ring (bicyclic) bond motifs is 1. The van der Waals surface area contributed by atoms with Crippen LogP contribution in [0.25, 0.3) is 22.2 Å². The number of nitrogens with one attached hydrogen (secondary N) is 2. The van der Waals surface area contributed by atoms with Crippen molar-refractivity contribution in [2.24, 2.45) is 5.92 Å². The van der Waals surface area contributed by atoms with Crippen LogP contribution >= 0.6 is 10.6 Å². The van der Waals surface area contributed by atoms with Gasteiger partial charge in [0, 0.05) is 30.6 Å². The summed E-state index contributed by atoms with van der Waals surface area (Å²) in [5.74, 6) is 1.16. The molecule has 2 aromatic heterocycles. The van der Waals surface area contributed by atoms with E-state index in [-0.39, 0.29) is 35.7 Å². The van der Waals surface area contributed by atoms with Gasteiger partial charge in [0.05, 0.1) is 17.9 Å². The summed E-state index contributed by atoms with van der Waals surface area (Å²) in [5, 5.41) is 3.91. The number of aromatic nitrogens is 2. The molecule has 3 aromatic rings. The van der Waals surface area contributed by atoms with Crippen molar-refractivity contribution in [1.29, 1.82) is 0 Å². The van der Waals surface area contributed by atoms with Gasteiger partial charge in [-0.25, -0.2) is 4.98 Å². The quantitative estimate of drug-likeness (QED) is 0.451. The molecule has 1 saturated carbocycles. The Hall–Kier alpha value is -2.88. The number of rotatable bonds is 5. The molecule has 1 aromatic carbocycles. The van der Waals surface area contributed by atoms with Crippen molar-refractivity contribution in [3.8, 4) is 11.1 Å². The molecule has 2 aliphatic rings. The molecule has 174 valence electrons. The van der Waals surface area contributed by atoms with Crippen LogP contribution in [-0.4, -0.2) is 60.4 Å². The Morgan fingerprint density at radius 1 is 1.15 bits per heavy atom. The maximum atomic E-state index is 12.7. The number of benzene rings is 1. The summed E-state index contributed by atoms with van der Waals surface area (Å²) in [6.45, 7) is 2.78. The summed E-state index contributed by atoms with van der Waals surface area (Å²) in [6, 6.07) is 9.88. The number of anilines is 1. The Morgan fingerprint density at radius 3 is 2.61 bits per heavy atom. The number of carbonyl (C=O) groups excluding carboxylic acids is 2. The number of amides is 2. The lowest BCUT2D eigenvalue weighted by Gasteiger charge is -2.41. The van der Waals surface area contributed by atoms with E-state index in [9.17, 15) is 18.7 Å². The van der Waals surface area contributed by atoms with Gasteiger partial charge < -0.3 is 15.2 Å². The Bertz CT molecular complexity index is 1220. The number of nitrogens with zero attached hydrogens (tertiary/aromatic N) is 2. The number of pyridine rings is 1. The van der Waals surface area contributed by atoms with Gasteiger partial charge in [-0.2, -0.15) is 10.6 Å². The first kappa shape index (κ1) is 21.9. The van der Waals surface area contributed by atoms with Crippen molar-refractivity contribution in [3.63, 3.8) is 0 Å². The van der Waals surface area contributed by atoms with Crippen LogP contribution in [0.3, 0.4) is 0 Å². The zero-order valence-corrected chi connectivity index (χ0v) is 19.3. The number of carbonyl (C=O) groups is 2. The van der Waals surface area contributed by atoms with Gasteiger partial charge in [-0.05, 0) is 54.2 Å². The van der Waals surface area contributed by atoms with E-state index in [2.05, 4.69) is 15.3 Å². The molecule has 0 unspecified atom stereocenters. The van der Waals surface area contributed by atoms with E-state index < -0.39 is 10.6 Å². The highest BCUT2D eigenvalue weighted by molar-refractivity contribution is 8.24. The Morgan fingerprint density at radius 2 is 1.91 bits per heavy atom. The molecule has 0 radical (unpaired) electrons. The number of aromatic amines is 1. The van der Waals surface area contributed by atoms with Gasteiger partial charge in [0.25, 0.3) is 0 Å². The smallest absolute Gasteiger partial charge is 0.228 e. The van der Waals surface area contributed by atoms with Crippen LogP contribution < -0.4 is 5.32 Å². The molecule has 1 aliphatic carbocycles. The molecule has 3 heterocycles. The number of aryl methyl sites for hydroxylation is 1. The fourth-order valence-electron chi connectivity index (χ4n) is 4.30. The Kier molecular flexibility index (Phi) is 5.64. The third-order valence-corrected chi connectivity index (χ3v) is 8.07. The van der Waals surface area contributed by atoms with Gasteiger partial charge >= 0.3 is 0 Å². The van der Waals surface area contributed by atoms with Crippen molar-refractivity contribution < 1.29 is 18.7 Å². The second kappa shape index (κ2) is 8.48. The van der Waals surface area contributed by atoms with Crippen molar-refractivity contribution in [2.75, 3.05) is 29.9 Å². The molecule has 1 aliphatic heterocycles. The lowest BCUT2D eigenvalue weighted by molar-refractivity contribution is -0.130. The predicted molar refractivity (Wildman–Crippen MR) is 130 cm³/mol. The molecule has 33 heavy (non-hydrogen) atoms. The van der Waals surface area contributed by atoms with Crippen LogP contribution in [0.5, 0.6) is 0 Å². The fourth-order valence-corrected chi connectivity index (χ4v) is 5.53. The van der Waals surface area contributed by atoms with Crippen LogP contribution in [0.15, 0.2) is 36.5 Å².